The Hall–Kier alpha value is -2.18. The molecule has 1 fully saturated rings. The Morgan fingerprint density at radius 2 is 1.65 bits per heavy atom. The highest BCUT2D eigenvalue weighted by molar-refractivity contribution is 7.89. The summed E-state index contributed by atoms with van der Waals surface area (Å²) in [6, 6.07) is 13.1. The first-order valence-corrected chi connectivity index (χ1v) is 10.2. The van der Waals surface area contributed by atoms with Crippen molar-refractivity contribution in [2.75, 3.05) is 6.54 Å². The summed E-state index contributed by atoms with van der Waals surface area (Å²) in [4.78, 5) is 13.0. The zero-order valence-electron chi connectivity index (χ0n) is 15.0. The zero-order valence-corrected chi connectivity index (χ0v) is 15.8. The summed E-state index contributed by atoms with van der Waals surface area (Å²) in [5, 5.41) is 0. The Labute approximate surface area is 154 Å². The number of nitrogens with zero attached hydrogens (tertiary/aromatic N) is 1. The molecular weight excluding hydrogens is 350 g/mol. The Morgan fingerprint density at radius 3 is 2.31 bits per heavy atom. The summed E-state index contributed by atoms with van der Waals surface area (Å²) >= 11 is 0. The predicted molar refractivity (Wildman–Crippen MR) is 99.5 cm³/mol. The Balaban J connectivity index is 1.89. The third-order valence-corrected chi connectivity index (χ3v) is 6.61. The summed E-state index contributed by atoms with van der Waals surface area (Å²) < 4.78 is 32.9. The molecule has 5 nitrogen and oxygen atoms in total. The summed E-state index contributed by atoms with van der Waals surface area (Å²) in [6.45, 7) is 4.06. The van der Waals surface area contributed by atoms with Gasteiger partial charge in [0.05, 0.1) is 4.90 Å². The minimum absolute atomic E-state index is 0.201. The van der Waals surface area contributed by atoms with Crippen molar-refractivity contribution in [3.05, 3.63) is 59.7 Å². The number of hydrogen-bond acceptors (Lipinski definition) is 4. The maximum absolute atomic E-state index is 13.0. The number of carbonyl (C=O) groups excluding carboxylic acids is 1. The summed E-state index contributed by atoms with van der Waals surface area (Å²) in [7, 11) is -3.74. The first kappa shape index (κ1) is 18.6. The van der Waals surface area contributed by atoms with E-state index in [1.165, 1.54) is 4.31 Å². The predicted octanol–water partition coefficient (Wildman–Crippen LogP) is 3.45. The summed E-state index contributed by atoms with van der Waals surface area (Å²) in [5.41, 5.74) is 1.71. The first-order chi connectivity index (χ1) is 12.4. The van der Waals surface area contributed by atoms with Crippen molar-refractivity contribution in [1.29, 1.82) is 0 Å². The molecule has 138 valence electrons. The maximum atomic E-state index is 13.0. The summed E-state index contributed by atoms with van der Waals surface area (Å²) in [5.74, 6) is 0.00161. The molecule has 0 N–H and O–H groups in total. The number of ether oxygens (including phenoxy) is 1. The SMILES string of the molecule is Cc1cccc(C)c1OC(=O)[C@@H]1CCCCN1S(=O)(=O)c1ccccc1. The fraction of sp³-hybridized carbons (Fsp3) is 0.350. The van der Waals surface area contributed by atoms with E-state index in [9.17, 15) is 13.2 Å². The lowest BCUT2D eigenvalue weighted by Gasteiger charge is -2.33. The van der Waals surface area contributed by atoms with E-state index in [4.69, 9.17) is 4.74 Å². The molecule has 2 aromatic carbocycles. The standard InChI is InChI=1S/C20H23NO4S/c1-15-9-8-10-16(2)19(15)25-20(22)18-13-6-7-14-21(18)26(23,24)17-11-4-3-5-12-17/h3-5,8-12,18H,6-7,13-14H2,1-2H3/t18-/m0/s1. The second kappa shape index (κ2) is 7.60. The number of para-hydroxylation sites is 1. The average Bonchev–Trinajstić information content (AvgIpc) is 2.65. The third-order valence-electron chi connectivity index (χ3n) is 4.69. The van der Waals surface area contributed by atoms with Gasteiger partial charge in [-0.25, -0.2) is 13.2 Å². The van der Waals surface area contributed by atoms with E-state index in [-0.39, 0.29) is 4.90 Å². The highest BCUT2D eigenvalue weighted by Gasteiger charge is 2.38. The van der Waals surface area contributed by atoms with E-state index in [1.807, 2.05) is 32.0 Å². The van der Waals surface area contributed by atoms with Gasteiger partial charge in [-0.05, 0) is 56.4 Å². The van der Waals surface area contributed by atoms with E-state index in [0.717, 1.165) is 24.0 Å². The third kappa shape index (κ3) is 3.66. The topological polar surface area (TPSA) is 63.7 Å². The minimum Gasteiger partial charge on any atom is -0.425 e. The van der Waals surface area contributed by atoms with Crippen molar-refractivity contribution in [2.45, 2.75) is 44.0 Å². The number of piperidine rings is 1. The van der Waals surface area contributed by atoms with E-state index < -0.39 is 22.0 Å². The molecule has 0 saturated carbocycles. The zero-order chi connectivity index (χ0) is 18.7. The van der Waals surface area contributed by atoms with Gasteiger partial charge < -0.3 is 4.74 Å². The van der Waals surface area contributed by atoms with Gasteiger partial charge in [0.1, 0.15) is 11.8 Å². The average molecular weight is 373 g/mol. The first-order valence-electron chi connectivity index (χ1n) is 8.76. The number of aryl methyl sites for hydroxylation is 2. The molecule has 1 atom stereocenters. The molecule has 6 heteroatoms. The van der Waals surface area contributed by atoms with Crippen LogP contribution in [0.4, 0.5) is 0 Å². The smallest absolute Gasteiger partial charge is 0.329 e. The van der Waals surface area contributed by atoms with Crippen LogP contribution >= 0.6 is 0 Å². The maximum Gasteiger partial charge on any atom is 0.329 e. The van der Waals surface area contributed by atoms with Crippen LogP contribution in [-0.2, 0) is 14.8 Å². The van der Waals surface area contributed by atoms with Crippen molar-refractivity contribution in [2.24, 2.45) is 0 Å². The van der Waals surface area contributed by atoms with Crippen LogP contribution in [0.25, 0.3) is 0 Å². The van der Waals surface area contributed by atoms with Crippen LogP contribution in [0.3, 0.4) is 0 Å². The lowest BCUT2D eigenvalue weighted by atomic mass is 10.1. The van der Waals surface area contributed by atoms with Crippen molar-refractivity contribution in [3.8, 4) is 5.75 Å². The van der Waals surface area contributed by atoms with Gasteiger partial charge in [-0.1, -0.05) is 36.4 Å². The van der Waals surface area contributed by atoms with E-state index in [2.05, 4.69) is 0 Å². The molecule has 0 aliphatic carbocycles. The van der Waals surface area contributed by atoms with Gasteiger partial charge in [0.2, 0.25) is 10.0 Å². The number of rotatable bonds is 4. The Bertz CT molecular complexity index is 873. The van der Waals surface area contributed by atoms with Gasteiger partial charge in [0.25, 0.3) is 0 Å². The molecule has 1 aliphatic rings. The number of hydrogen-bond donors (Lipinski definition) is 0. The molecule has 0 spiro atoms. The lowest BCUT2D eigenvalue weighted by molar-refractivity contribution is -0.139. The fourth-order valence-electron chi connectivity index (χ4n) is 3.28. The monoisotopic (exact) mass is 373 g/mol. The Kier molecular flexibility index (Phi) is 5.44. The molecule has 3 rings (SSSR count). The number of esters is 1. The van der Waals surface area contributed by atoms with Crippen LogP contribution in [-0.4, -0.2) is 31.3 Å². The molecule has 0 aromatic heterocycles. The second-order valence-corrected chi connectivity index (χ2v) is 8.47. The number of benzene rings is 2. The second-order valence-electron chi connectivity index (χ2n) is 6.58. The van der Waals surface area contributed by atoms with Crippen LogP contribution < -0.4 is 4.74 Å². The van der Waals surface area contributed by atoms with Crippen LogP contribution in [0.5, 0.6) is 5.75 Å². The molecule has 0 radical (unpaired) electrons. The largest absolute Gasteiger partial charge is 0.425 e. The minimum atomic E-state index is -3.74. The molecular formula is C20H23NO4S. The normalized spacial score (nSPS) is 18.5. The van der Waals surface area contributed by atoms with Gasteiger partial charge >= 0.3 is 5.97 Å². The van der Waals surface area contributed by atoms with Gasteiger partial charge in [-0.15, -0.1) is 0 Å². The highest BCUT2D eigenvalue weighted by atomic mass is 32.2. The van der Waals surface area contributed by atoms with E-state index in [0.29, 0.717) is 18.7 Å². The van der Waals surface area contributed by atoms with Gasteiger partial charge in [-0.2, -0.15) is 4.31 Å². The molecule has 0 bridgehead atoms. The van der Waals surface area contributed by atoms with Crippen LogP contribution in [0.2, 0.25) is 0 Å². The van der Waals surface area contributed by atoms with Gasteiger partial charge in [0.15, 0.2) is 0 Å². The lowest BCUT2D eigenvalue weighted by Crippen LogP contribution is -2.49. The quantitative estimate of drug-likeness (QED) is 0.608. The van der Waals surface area contributed by atoms with Crippen molar-refractivity contribution >= 4 is 16.0 Å². The molecule has 2 aromatic rings. The van der Waals surface area contributed by atoms with E-state index in [1.54, 1.807) is 30.3 Å². The van der Waals surface area contributed by atoms with Crippen LogP contribution in [0, 0.1) is 13.8 Å². The molecule has 1 heterocycles. The van der Waals surface area contributed by atoms with E-state index >= 15 is 0 Å². The molecule has 1 aliphatic heterocycles. The molecule has 26 heavy (non-hydrogen) atoms. The van der Waals surface area contributed by atoms with Crippen molar-refractivity contribution < 1.29 is 17.9 Å². The van der Waals surface area contributed by atoms with Gasteiger partial charge in [0, 0.05) is 6.54 Å². The number of carbonyl (C=O) groups is 1. The van der Waals surface area contributed by atoms with Crippen molar-refractivity contribution in [3.63, 3.8) is 0 Å². The molecule has 0 unspecified atom stereocenters. The van der Waals surface area contributed by atoms with Crippen LogP contribution in [0.1, 0.15) is 30.4 Å². The summed E-state index contributed by atoms with van der Waals surface area (Å²) in [6.07, 6.45) is 2.00. The number of sulfonamides is 1. The fourth-order valence-corrected chi connectivity index (χ4v) is 4.95. The highest BCUT2D eigenvalue weighted by Crippen LogP contribution is 2.28. The molecule has 1 saturated heterocycles. The van der Waals surface area contributed by atoms with Crippen LogP contribution in [0.15, 0.2) is 53.4 Å². The van der Waals surface area contributed by atoms with Gasteiger partial charge in [-0.3, -0.25) is 0 Å². The Morgan fingerprint density at radius 1 is 1.00 bits per heavy atom. The van der Waals surface area contributed by atoms with Crippen molar-refractivity contribution in [1.82, 2.24) is 4.31 Å². The molecule has 0 amide bonds.